The van der Waals surface area contributed by atoms with Crippen molar-refractivity contribution >= 4 is 54.6 Å². The number of nitrogens with zero attached hydrogens (tertiary/aromatic N) is 2. The lowest BCUT2D eigenvalue weighted by molar-refractivity contribution is -0.380. The van der Waals surface area contributed by atoms with Crippen LogP contribution in [0.15, 0.2) is 40.2 Å². The predicted octanol–water partition coefficient (Wildman–Crippen LogP) is 5.19. The molecule has 0 fully saturated rings. The molecule has 0 saturated carbocycles. The molecule has 0 aliphatic heterocycles. The third-order valence-corrected chi connectivity index (χ3v) is 5.90. The van der Waals surface area contributed by atoms with Crippen molar-refractivity contribution in [3.63, 3.8) is 0 Å². The second-order valence-electron chi connectivity index (χ2n) is 4.95. The predicted molar refractivity (Wildman–Crippen MR) is 105 cm³/mol. The second-order valence-corrected chi connectivity index (χ2v) is 8.33. The molecule has 1 N–H and O–H groups in total. The van der Waals surface area contributed by atoms with E-state index < -0.39 is 10.8 Å². The van der Waals surface area contributed by atoms with Crippen molar-refractivity contribution in [2.75, 3.05) is 11.9 Å². The lowest BCUT2D eigenvalue weighted by Crippen LogP contribution is -2.09. The molecule has 1 amide bonds. The van der Waals surface area contributed by atoms with Gasteiger partial charge in [-0.1, -0.05) is 22.7 Å². The molecule has 0 aliphatic rings. The summed E-state index contributed by atoms with van der Waals surface area (Å²) in [6, 6.07) is 10.2. The summed E-state index contributed by atoms with van der Waals surface area (Å²) in [5, 5.41) is 13.7. The molecule has 0 spiro atoms. The van der Waals surface area contributed by atoms with Gasteiger partial charge in [-0.05, 0) is 53.2 Å². The maximum absolute atomic E-state index is 12.2. The second kappa shape index (κ2) is 7.94. The highest BCUT2D eigenvalue weighted by atomic mass is 79.9. The number of carbonyl (C=O) groups is 1. The van der Waals surface area contributed by atoms with Crippen LogP contribution in [-0.4, -0.2) is 22.4 Å². The number of benzene rings is 1. The van der Waals surface area contributed by atoms with Crippen LogP contribution in [0.5, 0.6) is 5.75 Å². The van der Waals surface area contributed by atoms with Crippen LogP contribution >= 0.6 is 38.6 Å². The molecular weight excluding hydrogens is 442 g/mol. The van der Waals surface area contributed by atoms with Crippen molar-refractivity contribution in [1.82, 2.24) is 4.98 Å². The third kappa shape index (κ3) is 4.09. The number of rotatable bonds is 6. The number of aromatic nitrogens is 1. The van der Waals surface area contributed by atoms with E-state index in [0.717, 1.165) is 26.4 Å². The van der Waals surface area contributed by atoms with Crippen LogP contribution in [0.3, 0.4) is 0 Å². The average molecular weight is 454 g/mol. The number of nitrogens with one attached hydrogen (secondary N) is 1. The summed E-state index contributed by atoms with van der Waals surface area (Å²) in [6.07, 6.45) is 0. The van der Waals surface area contributed by atoms with E-state index in [-0.39, 0.29) is 9.88 Å². The van der Waals surface area contributed by atoms with Gasteiger partial charge >= 0.3 is 5.00 Å². The Morgan fingerprint density at radius 3 is 2.62 bits per heavy atom. The Morgan fingerprint density at radius 2 is 2.00 bits per heavy atom. The number of hydrogen-bond acceptors (Lipinski definition) is 7. The third-order valence-electron chi connectivity index (χ3n) is 3.24. The first kappa shape index (κ1) is 18.5. The smallest absolute Gasteiger partial charge is 0.324 e. The van der Waals surface area contributed by atoms with Gasteiger partial charge in [0.2, 0.25) is 0 Å². The summed E-state index contributed by atoms with van der Waals surface area (Å²) in [6.45, 7) is 2.51. The fourth-order valence-electron chi connectivity index (χ4n) is 2.12. The zero-order valence-corrected chi connectivity index (χ0v) is 16.6. The number of anilines is 1. The summed E-state index contributed by atoms with van der Waals surface area (Å²) in [7, 11) is 0. The van der Waals surface area contributed by atoms with Crippen molar-refractivity contribution in [1.29, 1.82) is 0 Å². The van der Waals surface area contributed by atoms with Crippen LogP contribution in [-0.2, 0) is 0 Å². The van der Waals surface area contributed by atoms with Crippen LogP contribution < -0.4 is 10.1 Å². The van der Waals surface area contributed by atoms with E-state index in [1.165, 1.54) is 23.5 Å². The number of hydrogen-bond donors (Lipinski definition) is 1. The Labute approximate surface area is 164 Å². The van der Waals surface area contributed by atoms with Gasteiger partial charge in [0.05, 0.1) is 25.9 Å². The molecule has 3 aromatic rings. The van der Waals surface area contributed by atoms with E-state index in [1.807, 2.05) is 31.2 Å². The molecule has 10 heteroatoms. The number of amides is 1. The Hall–Kier alpha value is -2.30. The van der Waals surface area contributed by atoms with Gasteiger partial charge in [0.25, 0.3) is 5.91 Å². The summed E-state index contributed by atoms with van der Waals surface area (Å²) in [5.74, 6) is 0.345. The summed E-state index contributed by atoms with van der Waals surface area (Å²) in [4.78, 5) is 27.1. The van der Waals surface area contributed by atoms with Crippen molar-refractivity contribution < 1.29 is 14.5 Å². The fraction of sp³-hybridized carbons (Fsp3) is 0.125. The number of thiophene rings is 1. The molecule has 0 saturated heterocycles. The minimum Gasteiger partial charge on any atom is -0.494 e. The monoisotopic (exact) mass is 453 g/mol. The summed E-state index contributed by atoms with van der Waals surface area (Å²) < 4.78 is 6.19. The van der Waals surface area contributed by atoms with Crippen LogP contribution in [0.25, 0.3) is 11.3 Å². The van der Waals surface area contributed by atoms with Gasteiger partial charge in [-0.3, -0.25) is 20.2 Å². The number of ether oxygens (including phenoxy) is 1. The minimum atomic E-state index is -0.522. The highest BCUT2D eigenvalue weighted by Crippen LogP contribution is 2.36. The van der Waals surface area contributed by atoms with Gasteiger partial charge in [-0.2, -0.15) is 0 Å². The van der Waals surface area contributed by atoms with E-state index in [2.05, 4.69) is 26.2 Å². The van der Waals surface area contributed by atoms with E-state index in [0.29, 0.717) is 17.4 Å². The molecule has 2 aromatic heterocycles. The topological polar surface area (TPSA) is 94.4 Å². The standard InChI is InChI=1S/C16H12BrN3O4S2/c1-2-24-10-5-3-9(4-6-10)13-14(17)26-16(18-13)19-15(21)11-7-8-12(25-11)20(22)23/h3-8H,2H2,1H3,(H,18,19,21). The van der Waals surface area contributed by atoms with Gasteiger partial charge in [-0.25, -0.2) is 4.98 Å². The van der Waals surface area contributed by atoms with Crippen LogP contribution in [0.1, 0.15) is 16.6 Å². The molecule has 0 bridgehead atoms. The SMILES string of the molecule is CCOc1ccc(-c2nc(NC(=O)c3ccc([N+](=O)[O-])s3)sc2Br)cc1. The number of halogens is 1. The van der Waals surface area contributed by atoms with Gasteiger partial charge in [0.15, 0.2) is 5.13 Å². The number of thiazole rings is 1. The van der Waals surface area contributed by atoms with E-state index in [9.17, 15) is 14.9 Å². The van der Waals surface area contributed by atoms with Crippen molar-refractivity contribution in [3.05, 3.63) is 55.2 Å². The first-order chi connectivity index (χ1) is 12.5. The zero-order valence-electron chi connectivity index (χ0n) is 13.4. The maximum atomic E-state index is 12.2. The first-order valence-corrected chi connectivity index (χ1v) is 9.85. The van der Waals surface area contributed by atoms with Gasteiger partial charge in [0, 0.05) is 11.6 Å². The molecule has 2 heterocycles. The highest BCUT2D eigenvalue weighted by molar-refractivity contribution is 9.11. The number of carbonyl (C=O) groups excluding carboxylic acids is 1. The average Bonchev–Trinajstić information content (AvgIpc) is 3.23. The fourth-order valence-corrected chi connectivity index (χ4v) is 4.32. The van der Waals surface area contributed by atoms with Crippen LogP contribution in [0.4, 0.5) is 10.1 Å². The highest BCUT2D eigenvalue weighted by Gasteiger charge is 2.18. The van der Waals surface area contributed by atoms with E-state index in [1.54, 1.807) is 0 Å². The molecule has 0 unspecified atom stereocenters. The van der Waals surface area contributed by atoms with Crippen molar-refractivity contribution in [2.45, 2.75) is 6.92 Å². The van der Waals surface area contributed by atoms with Gasteiger partial charge in [-0.15, -0.1) is 0 Å². The van der Waals surface area contributed by atoms with Crippen molar-refractivity contribution in [3.8, 4) is 17.0 Å². The molecule has 134 valence electrons. The minimum absolute atomic E-state index is 0.0782. The lowest BCUT2D eigenvalue weighted by Gasteiger charge is -2.03. The van der Waals surface area contributed by atoms with Crippen LogP contribution in [0.2, 0.25) is 0 Å². The zero-order chi connectivity index (χ0) is 18.7. The molecule has 3 rings (SSSR count). The Morgan fingerprint density at radius 1 is 1.27 bits per heavy atom. The summed E-state index contributed by atoms with van der Waals surface area (Å²) >= 11 is 5.55. The molecule has 1 aromatic carbocycles. The first-order valence-electron chi connectivity index (χ1n) is 7.43. The quantitative estimate of drug-likeness (QED) is 0.409. The van der Waals surface area contributed by atoms with E-state index in [4.69, 9.17) is 4.74 Å². The Bertz CT molecular complexity index is 953. The van der Waals surface area contributed by atoms with Gasteiger partial charge < -0.3 is 4.74 Å². The van der Waals surface area contributed by atoms with Crippen molar-refractivity contribution in [2.24, 2.45) is 0 Å². The normalized spacial score (nSPS) is 10.5. The van der Waals surface area contributed by atoms with E-state index >= 15 is 0 Å². The maximum Gasteiger partial charge on any atom is 0.324 e. The molecular formula is C16H12BrN3O4S2. The molecule has 0 atom stereocenters. The molecule has 0 aliphatic carbocycles. The Kier molecular flexibility index (Phi) is 5.64. The molecule has 7 nitrogen and oxygen atoms in total. The summed E-state index contributed by atoms with van der Waals surface area (Å²) in [5.41, 5.74) is 1.58. The Balaban J connectivity index is 1.76. The molecule has 0 radical (unpaired) electrons. The lowest BCUT2D eigenvalue weighted by atomic mass is 10.2. The van der Waals surface area contributed by atoms with Gasteiger partial charge in [0.1, 0.15) is 5.75 Å². The van der Waals surface area contributed by atoms with Crippen LogP contribution in [0, 0.1) is 10.1 Å². The molecule has 26 heavy (non-hydrogen) atoms. The number of nitro groups is 1. The largest absolute Gasteiger partial charge is 0.494 e.